The molecule has 0 atom stereocenters. The van der Waals surface area contributed by atoms with Crippen LogP contribution in [0.3, 0.4) is 0 Å². The molecule has 1 amide bonds. The standard InChI is InChI=1S/C24H28N4O/c1-18-21(19(2)28(26-18)20-11-5-3-6-12-20)17-24(29)25-22-13-7-8-14-23(22)27-15-9-4-10-16-27/h3,5-8,11-14H,4,9-10,15-17H2,1-2H3,(H,25,29). The number of para-hydroxylation sites is 3. The minimum absolute atomic E-state index is 0.00623. The second-order valence-corrected chi connectivity index (χ2v) is 7.69. The molecular weight excluding hydrogens is 360 g/mol. The van der Waals surface area contributed by atoms with E-state index in [1.54, 1.807) is 0 Å². The smallest absolute Gasteiger partial charge is 0.228 e. The van der Waals surface area contributed by atoms with Crippen molar-refractivity contribution in [2.24, 2.45) is 0 Å². The highest BCUT2D eigenvalue weighted by Gasteiger charge is 2.18. The molecule has 1 N–H and O–H groups in total. The Morgan fingerprint density at radius 2 is 1.66 bits per heavy atom. The van der Waals surface area contributed by atoms with Crippen molar-refractivity contribution in [1.29, 1.82) is 0 Å². The number of hydrogen-bond donors (Lipinski definition) is 1. The Balaban J connectivity index is 1.52. The molecule has 1 aliphatic heterocycles. The van der Waals surface area contributed by atoms with Gasteiger partial charge < -0.3 is 10.2 Å². The zero-order valence-electron chi connectivity index (χ0n) is 17.2. The van der Waals surface area contributed by atoms with Crippen LogP contribution in [0.15, 0.2) is 54.6 Å². The predicted octanol–water partition coefficient (Wildman–Crippen LogP) is 4.66. The molecule has 0 saturated carbocycles. The van der Waals surface area contributed by atoms with Gasteiger partial charge in [-0.2, -0.15) is 5.10 Å². The summed E-state index contributed by atoms with van der Waals surface area (Å²) in [5, 5.41) is 7.80. The lowest BCUT2D eigenvalue weighted by molar-refractivity contribution is -0.115. The van der Waals surface area contributed by atoms with Crippen molar-refractivity contribution in [2.45, 2.75) is 39.5 Å². The topological polar surface area (TPSA) is 50.2 Å². The fourth-order valence-corrected chi connectivity index (χ4v) is 4.10. The maximum Gasteiger partial charge on any atom is 0.228 e. The van der Waals surface area contributed by atoms with Crippen LogP contribution in [0.25, 0.3) is 5.69 Å². The number of anilines is 2. The number of benzene rings is 2. The van der Waals surface area contributed by atoms with Crippen LogP contribution in [0, 0.1) is 13.8 Å². The van der Waals surface area contributed by atoms with E-state index in [-0.39, 0.29) is 5.91 Å². The minimum Gasteiger partial charge on any atom is -0.370 e. The Kier molecular flexibility index (Phi) is 5.65. The highest BCUT2D eigenvalue weighted by atomic mass is 16.1. The number of carbonyl (C=O) groups is 1. The Morgan fingerprint density at radius 3 is 2.41 bits per heavy atom. The van der Waals surface area contributed by atoms with Gasteiger partial charge in [-0.3, -0.25) is 4.79 Å². The molecule has 1 aromatic heterocycles. The highest BCUT2D eigenvalue weighted by Crippen LogP contribution is 2.28. The molecule has 1 saturated heterocycles. The van der Waals surface area contributed by atoms with Crippen LogP contribution in [0.4, 0.5) is 11.4 Å². The number of carbonyl (C=O) groups excluding carboxylic acids is 1. The Hall–Kier alpha value is -3.08. The molecule has 5 nitrogen and oxygen atoms in total. The third kappa shape index (κ3) is 4.19. The summed E-state index contributed by atoms with van der Waals surface area (Å²) in [6.45, 7) is 6.10. The quantitative estimate of drug-likeness (QED) is 0.691. The molecule has 5 heteroatoms. The predicted molar refractivity (Wildman–Crippen MR) is 118 cm³/mol. The van der Waals surface area contributed by atoms with Crippen molar-refractivity contribution in [2.75, 3.05) is 23.3 Å². The number of nitrogens with one attached hydrogen (secondary N) is 1. The maximum absolute atomic E-state index is 12.9. The number of piperidine rings is 1. The Morgan fingerprint density at radius 1 is 0.966 bits per heavy atom. The van der Waals surface area contributed by atoms with Gasteiger partial charge in [0.2, 0.25) is 5.91 Å². The summed E-state index contributed by atoms with van der Waals surface area (Å²) in [6, 6.07) is 18.1. The largest absolute Gasteiger partial charge is 0.370 e. The van der Waals surface area contributed by atoms with Crippen LogP contribution < -0.4 is 10.2 Å². The van der Waals surface area contributed by atoms with Gasteiger partial charge in [0.05, 0.1) is 29.2 Å². The van der Waals surface area contributed by atoms with Gasteiger partial charge in [0.15, 0.2) is 0 Å². The Bertz CT molecular complexity index is 987. The van der Waals surface area contributed by atoms with Crippen molar-refractivity contribution < 1.29 is 4.79 Å². The zero-order valence-corrected chi connectivity index (χ0v) is 17.2. The summed E-state index contributed by atoms with van der Waals surface area (Å²) >= 11 is 0. The summed E-state index contributed by atoms with van der Waals surface area (Å²) in [5.74, 6) is -0.00623. The molecule has 0 unspecified atom stereocenters. The summed E-state index contributed by atoms with van der Waals surface area (Å²) in [4.78, 5) is 15.3. The molecule has 0 aliphatic carbocycles. The SMILES string of the molecule is Cc1nn(-c2ccccc2)c(C)c1CC(=O)Nc1ccccc1N1CCCCC1. The van der Waals surface area contributed by atoms with E-state index in [0.29, 0.717) is 6.42 Å². The molecule has 0 radical (unpaired) electrons. The fraction of sp³-hybridized carbons (Fsp3) is 0.333. The van der Waals surface area contributed by atoms with Crippen molar-refractivity contribution in [3.8, 4) is 5.69 Å². The van der Waals surface area contributed by atoms with Crippen LogP contribution in [-0.4, -0.2) is 28.8 Å². The normalized spacial score (nSPS) is 14.1. The van der Waals surface area contributed by atoms with Crippen molar-refractivity contribution in [1.82, 2.24) is 9.78 Å². The molecule has 2 heterocycles. The van der Waals surface area contributed by atoms with Gasteiger partial charge in [-0.15, -0.1) is 0 Å². The van der Waals surface area contributed by atoms with E-state index in [2.05, 4.69) is 21.4 Å². The molecule has 3 aromatic rings. The highest BCUT2D eigenvalue weighted by molar-refractivity contribution is 5.95. The second kappa shape index (κ2) is 8.52. The summed E-state index contributed by atoms with van der Waals surface area (Å²) in [6.07, 6.45) is 4.02. The third-order valence-electron chi connectivity index (χ3n) is 5.65. The first-order valence-corrected chi connectivity index (χ1v) is 10.4. The molecule has 29 heavy (non-hydrogen) atoms. The summed E-state index contributed by atoms with van der Waals surface area (Å²) in [5.41, 5.74) is 5.91. The molecule has 0 spiro atoms. The van der Waals surface area contributed by atoms with Gasteiger partial charge in [0.1, 0.15) is 0 Å². The number of aryl methyl sites for hydroxylation is 1. The lowest BCUT2D eigenvalue weighted by atomic mass is 10.1. The van der Waals surface area contributed by atoms with E-state index in [0.717, 1.165) is 47.1 Å². The van der Waals surface area contributed by atoms with E-state index in [1.165, 1.54) is 19.3 Å². The third-order valence-corrected chi connectivity index (χ3v) is 5.65. The molecule has 4 rings (SSSR count). The van der Waals surface area contributed by atoms with Gasteiger partial charge in [-0.25, -0.2) is 4.68 Å². The maximum atomic E-state index is 12.9. The van der Waals surface area contributed by atoms with Crippen molar-refractivity contribution in [3.63, 3.8) is 0 Å². The van der Waals surface area contributed by atoms with Crippen LogP contribution >= 0.6 is 0 Å². The number of nitrogens with zero attached hydrogens (tertiary/aromatic N) is 3. The monoisotopic (exact) mass is 388 g/mol. The van der Waals surface area contributed by atoms with Gasteiger partial charge in [-0.1, -0.05) is 30.3 Å². The number of amides is 1. The number of rotatable bonds is 5. The minimum atomic E-state index is -0.00623. The van der Waals surface area contributed by atoms with Gasteiger partial charge in [-0.05, 0) is 57.4 Å². The molecule has 0 bridgehead atoms. The van der Waals surface area contributed by atoms with E-state index in [9.17, 15) is 4.79 Å². The Labute approximate surface area is 172 Å². The number of hydrogen-bond acceptors (Lipinski definition) is 3. The van der Waals surface area contributed by atoms with Gasteiger partial charge in [0.25, 0.3) is 0 Å². The zero-order chi connectivity index (χ0) is 20.2. The number of aromatic nitrogens is 2. The van der Waals surface area contributed by atoms with Crippen LogP contribution in [0.2, 0.25) is 0 Å². The van der Waals surface area contributed by atoms with E-state index in [1.807, 2.05) is 67.1 Å². The molecule has 2 aromatic carbocycles. The van der Waals surface area contributed by atoms with E-state index >= 15 is 0 Å². The average Bonchev–Trinajstić information content (AvgIpc) is 3.03. The molecule has 150 valence electrons. The second-order valence-electron chi connectivity index (χ2n) is 7.69. The van der Waals surface area contributed by atoms with Gasteiger partial charge >= 0.3 is 0 Å². The first-order chi connectivity index (χ1) is 14.1. The lowest BCUT2D eigenvalue weighted by Gasteiger charge is -2.30. The van der Waals surface area contributed by atoms with Crippen molar-refractivity contribution >= 4 is 17.3 Å². The molecule has 1 aliphatic rings. The van der Waals surface area contributed by atoms with Crippen LogP contribution in [0.5, 0.6) is 0 Å². The average molecular weight is 389 g/mol. The summed E-state index contributed by atoms with van der Waals surface area (Å²) < 4.78 is 1.92. The molecule has 1 fully saturated rings. The van der Waals surface area contributed by atoms with Crippen LogP contribution in [-0.2, 0) is 11.2 Å². The lowest BCUT2D eigenvalue weighted by Crippen LogP contribution is -2.30. The summed E-state index contributed by atoms with van der Waals surface area (Å²) in [7, 11) is 0. The van der Waals surface area contributed by atoms with E-state index in [4.69, 9.17) is 0 Å². The first kappa shape index (κ1) is 19.2. The fourth-order valence-electron chi connectivity index (χ4n) is 4.10. The first-order valence-electron chi connectivity index (χ1n) is 10.4. The van der Waals surface area contributed by atoms with Crippen molar-refractivity contribution in [3.05, 3.63) is 71.5 Å². The van der Waals surface area contributed by atoms with Crippen LogP contribution in [0.1, 0.15) is 36.2 Å². The van der Waals surface area contributed by atoms with E-state index < -0.39 is 0 Å². The molecular formula is C24H28N4O. The van der Waals surface area contributed by atoms with Gasteiger partial charge in [0, 0.05) is 24.3 Å².